The van der Waals surface area contributed by atoms with E-state index in [4.69, 9.17) is 5.84 Å². The summed E-state index contributed by atoms with van der Waals surface area (Å²) in [6, 6.07) is 18.4. The fraction of sp³-hybridized carbons (Fsp3) is 0.217. The molecule has 0 spiro atoms. The van der Waals surface area contributed by atoms with Crippen LogP contribution in [0.25, 0.3) is 16.1 Å². The van der Waals surface area contributed by atoms with Gasteiger partial charge in [0.25, 0.3) is 0 Å². The van der Waals surface area contributed by atoms with Crippen molar-refractivity contribution in [2.45, 2.75) is 28.3 Å². The minimum absolute atomic E-state index is 0.273. The summed E-state index contributed by atoms with van der Waals surface area (Å²) in [5.41, 5.74) is 1.28. The highest BCUT2D eigenvalue weighted by Gasteiger charge is 2.31. The van der Waals surface area contributed by atoms with Crippen molar-refractivity contribution in [1.82, 2.24) is 0 Å². The van der Waals surface area contributed by atoms with Crippen molar-refractivity contribution in [3.8, 4) is 10.4 Å². The lowest BCUT2D eigenvalue weighted by Gasteiger charge is -2.29. The summed E-state index contributed by atoms with van der Waals surface area (Å²) in [7, 11) is -3.31. The Morgan fingerprint density at radius 3 is 2.42 bits per heavy atom. The summed E-state index contributed by atoms with van der Waals surface area (Å²) in [6.45, 7) is 3.50. The monoisotopic (exact) mass is 724 g/mol. The molecule has 3 rings (SSSR count). The van der Waals surface area contributed by atoms with Gasteiger partial charge in [0, 0.05) is 20.1 Å². The number of hydrogen-bond acceptors (Lipinski definition) is 6. The molecular weight excluding hydrogens is 703 g/mol. The van der Waals surface area contributed by atoms with E-state index in [1.807, 2.05) is 42.5 Å². The normalized spacial score (nSPS) is 14.1. The number of hydrazine groups is 1. The molecule has 0 aliphatic heterocycles. The van der Waals surface area contributed by atoms with Crippen LogP contribution in [0.1, 0.15) is 18.7 Å². The number of nitrogens with zero attached hydrogens (tertiary/aromatic N) is 1. The van der Waals surface area contributed by atoms with Gasteiger partial charge in [-0.1, -0.05) is 62.8 Å². The molecule has 10 heteroatoms. The van der Waals surface area contributed by atoms with E-state index in [0.29, 0.717) is 5.70 Å². The van der Waals surface area contributed by atoms with Gasteiger partial charge >= 0.3 is 0 Å². The first-order chi connectivity index (χ1) is 15.3. The van der Waals surface area contributed by atoms with Crippen LogP contribution in [0.3, 0.4) is 0 Å². The standard InChI is InChI=1S/C23H23Br2IN2O3S2/c1-23(2,29)22(26)20(25)21(28(27)17-10-5-4-9-16(17)24)19-12-11-18(32-19)14-7-6-8-15(13-14)33(3,30)31/h4-13,22,29H,27H2,1-3H3/b21-20+. The molecule has 3 aromatic rings. The molecule has 0 bridgehead atoms. The zero-order chi connectivity index (χ0) is 24.6. The van der Waals surface area contributed by atoms with Crippen LogP contribution < -0.4 is 10.9 Å². The Bertz CT molecular complexity index is 1300. The Balaban J connectivity index is 2.16. The topological polar surface area (TPSA) is 83.6 Å². The number of sulfone groups is 1. The van der Waals surface area contributed by atoms with E-state index in [1.54, 1.807) is 37.1 Å². The fourth-order valence-corrected chi connectivity index (χ4v) is 6.64. The number of halogens is 3. The number of thiophene rings is 1. The Hall–Kier alpha value is -0.760. The first kappa shape index (κ1) is 26.8. The summed E-state index contributed by atoms with van der Waals surface area (Å²) >= 11 is 11.0. The van der Waals surface area contributed by atoms with Crippen LogP contribution in [-0.4, -0.2) is 29.3 Å². The quantitative estimate of drug-likeness (QED) is 0.124. The number of anilines is 1. The molecule has 0 amide bonds. The molecule has 1 unspecified atom stereocenters. The smallest absolute Gasteiger partial charge is 0.175 e. The molecule has 176 valence electrons. The number of benzene rings is 2. The van der Waals surface area contributed by atoms with Gasteiger partial charge in [-0.3, -0.25) is 5.01 Å². The lowest BCUT2D eigenvalue weighted by Crippen LogP contribution is -2.35. The Labute approximate surface area is 229 Å². The van der Waals surface area contributed by atoms with Gasteiger partial charge in [-0.25, -0.2) is 14.3 Å². The molecular formula is C23H23Br2IN2O3S2. The van der Waals surface area contributed by atoms with E-state index in [0.717, 1.165) is 30.0 Å². The van der Waals surface area contributed by atoms with Crippen LogP contribution in [0.15, 0.2) is 74.5 Å². The third kappa shape index (κ3) is 6.28. The predicted octanol–water partition coefficient (Wildman–Crippen LogP) is 6.60. The van der Waals surface area contributed by atoms with Crippen LogP contribution in [0.4, 0.5) is 5.69 Å². The summed E-state index contributed by atoms with van der Waals surface area (Å²) in [5, 5.41) is 12.2. The SMILES string of the molecule is CC(C)(O)C(I)/C(Br)=C(/c1ccc(-c2cccc(S(C)(=O)=O)c2)s1)N(N)c1ccccc1Br. The van der Waals surface area contributed by atoms with Gasteiger partial charge < -0.3 is 5.11 Å². The van der Waals surface area contributed by atoms with Crippen molar-refractivity contribution < 1.29 is 13.5 Å². The molecule has 2 aromatic carbocycles. The number of aliphatic hydroxyl groups is 1. The molecule has 1 aromatic heterocycles. The minimum atomic E-state index is -3.31. The predicted molar refractivity (Wildman–Crippen MR) is 154 cm³/mol. The summed E-state index contributed by atoms with van der Waals surface area (Å²) in [6.07, 6.45) is 1.20. The van der Waals surface area contributed by atoms with Crippen molar-refractivity contribution in [3.05, 3.63) is 74.5 Å². The van der Waals surface area contributed by atoms with Gasteiger partial charge in [-0.05, 0) is 71.7 Å². The Kier molecular flexibility index (Phi) is 8.51. The summed E-state index contributed by atoms with van der Waals surface area (Å²) in [4.78, 5) is 2.04. The number of para-hydroxylation sites is 1. The van der Waals surface area contributed by atoms with Crippen LogP contribution in [-0.2, 0) is 9.84 Å². The van der Waals surface area contributed by atoms with Crippen molar-refractivity contribution in [1.29, 1.82) is 0 Å². The zero-order valence-electron chi connectivity index (χ0n) is 18.1. The number of hydrogen-bond donors (Lipinski definition) is 2. The molecule has 0 saturated carbocycles. The lowest BCUT2D eigenvalue weighted by molar-refractivity contribution is 0.0929. The largest absolute Gasteiger partial charge is 0.389 e. The molecule has 0 radical (unpaired) electrons. The van der Waals surface area contributed by atoms with Crippen molar-refractivity contribution in [2.75, 3.05) is 11.3 Å². The molecule has 1 heterocycles. The molecule has 0 fully saturated rings. The van der Waals surface area contributed by atoms with Crippen LogP contribution >= 0.6 is 65.8 Å². The molecule has 33 heavy (non-hydrogen) atoms. The van der Waals surface area contributed by atoms with E-state index in [1.165, 1.54) is 17.6 Å². The van der Waals surface area contributed by atoms with Gasteiger partial charge in [0.05, 0.1) is 30.7 Å². The second-order valence-corrected chi connectivity index (χ2v) is 14.1. The van der Waals surface area contributed by atoms with Gasteiger partial charge in [-0.15, -0.1) is 11.3 Å². The van der Waals surface area contributed by atoms with E-state index < -0.39 is 15.4 Å². The maximum atomic E-state index is 12.0. The second-order valence-electron chi connectivity index (χ2n) is 8.00. The van der Waals surface area contributed by atoms with E-state index in [-0.39, 0.29) is 8.82 Å². The van der Waals surface area contributed by atoms with Gasteiger partial charge in [-0.2, -0.15) is 0 Å². The second kappa shape index (κ2) is 10.5. The summed E-state index contributed by atoms with van der Waals surface area (Å²) < 4.78 is 25.3. The molecule has 3 N–H and O–H groups in total. The average Bonchev–Trinajstić information content (AvgIpc) is 3.22. The van der Waals surface area contributed by atoms with E-state index in [2.05, 4.69) is 54.5 Å². The third-order valence-corrected chi connectivity index (χ3v) is 11.6. The highest BCUT2D eigenvalue weighted by Crippen LogP contribution is 2.42. The first-order valence-electron chi connectivity index (χ1n) is 9.77. The van der Waals surface area contributed by atoms with Crippen molar-refractivity contribution in [2.24, 2.45) is 5.84 Å². The maximum absolute atomic E-state index is 12.0. The van der Waals surface area contributed by atoms with Crippen LogP contribution in [0.2, 0.25) is 0 Å². The van der Waals surface area contributed by atoms with Gasteiger partial charge in [0.15, 0.2) is 9.84 Å². The Morgan fingerprint density at radius 2 is 1.82 bits per heavy atom. The highest BCUT2D eigenvalue weighted by molar-refractivity contribution is 14.1. The lowest BCUT2D eigenvalue weighted by atomic mass is 10.0. The maximum Gasteiger partial charge on any atom is 0.175 e. The first-order valence-corrected chi connectivity index (χ1v) is 15.3. The number of rotatable bonds is 7. The van der Waals surface area contributed by atoms with E-state index >= 15 is 0 Å². The van der Waals surface area contributed by atoms with Crippen LogP contribution in [0.5, 0.6) is 0 Å². The number of nitrogens with two attached hydrogens (primary N) is 1. The van der Waals surface area contributed by atoms with E-state index in [9.17, 15) is 13.5 Å². The number of alkyl halides is 1. The minimum Gasteiger partial charge on any atom is -0.389 e. The molecule has 5 nitrogen and oxygen atoms in total. The molecule has 0 aliphatic rings. The third-order valence-electron chi connectivity index (χ3n) is 4.81. The Morgan fingerprint density at radius 1 is 1.15 bits per heavy atom. The summed E-state index contributed by atoms with van der Waals surface area (Å²) in [5.74, 6) is 6.64. The zero-order valence-corrected chi connectivity index (χ0v) is 25.1. The molecule has 0 aliphatic carbocycles. The van der Waals surface area contributed by atoms with Gasteiger partial charge in [0.1, 0.15) is 0 Å². The fourth-order valence-electron chi connectivity index (χ4n) is 3.05. The molecule has 0 saturated heterocycles. The van der Waals surface area contributed by atoms with Crippen molar-refractivity contribution in [3.63, 3.8) is 0 Å². The highest BCUT2D eigenvalue weighted by atomic mass is 127. The van der Waals surface area contributed by atoms with Gasteiger partial charge in [0.2, 0.25) is 0 Å². The molecule has 1 atom stereocenters. The average molecular weight is 726 g/mol. The van der Waals surface area contributed by atoms with Crippen molar-refractivity contribution >= 4 is 87.0 Å². The van der Waals surface area contributed by atoms with Crippen LogP contribution in [0, 0.1) is 0 Å².